The topological polar surface area (TPSA) is 41.1 Å². The maximum atomic E-state index is 11.9. The van der Waals surface area contributed by atoms with Gasteiger partial charge in [0.15, 0.2) is 0 Å². The Morgan fingerprint density at radius 1 is 1.25 bits per heavy atom. The van der Waals surface area contributed by atoms with Gasteiger partial charge in [-0.05, 0) is 37.6 Å². The first kappa shape index (κ1) is 17.0. The van der Waals surface area contributed by atoms with E-state index in [1.807, 2.05) is 6.07 Å². The van der Waals surface area contributed by atoms with E-state index in [0.29, 0.717) is 18.7 Å². The lowest BCUT2D eigenvalue weighted by molar-refractivity contribution is -0.135. The molecule has 3 nitrogen and oxygen atoms in total. The van der Waals surface area contributed by atoms with Crippen molar-refractivity contribution in [3.8, 4) is 0 Å². The van der Waals surface area contributed by atoms with Crippen molar-refractivity contribution in [1.82, 2.24) is 5.32 Å². The first-order chi connectivity index (χ1) is 9.37. The number of rotatable bonds is 7. The highest BCUT2D eigenvalue weighted by Crippen LogP contribution is 2.21. The number of amides is 1. The standard InChI is InChI=1S/C13H16BrF3N2O/c14-10-4-3-5-11(8-10)19-12(20)9-18-7-2-1-6-13(15,16)17/h3-5,8,18H,1-2,6-7,9H2,(H,19,20). The first-order valence-corrected chi connectivity index (χ1v) is 6.99. The van der Waals surface area contributed by atoms with Crippen LogP contribution in [-0.4, -0.2) is 25.2 Å². The molecule has 2 N–H and O–H groups in total. The minimum Gasteiger partial charge on any atom is -0.325 e. The zero-order valence-electron chi connectivity index (χ0n) is 10.8. The Kier molecular flexibility index (Phi) is 7.01. The fourth-order valence-corrected chi connectivity index (χ4v) is 1.95. The summed E-state index contributed by atoms with van der Waals surface area (Å²) < 4.78 is 36.5. The Hall–Kier alpha value is -1.08. The smallest absolute Gasteiger partial charge is 0.325 e. The molecule has 0 spiro atoms. The van der Waals surface area contributed by atoms with E-state index in [2.05, 4.69) is 26.6 Å². The predicted molar refractivity (Wildman–Crippen MR) is 75.5 cm³/mol. The molecule has 0 saturated heterocycles. The monoisotopic (exact) mass is 352 g/mol. The van der Waals surface area contributed by atoms with E-state index in [4.69, 9.17) is 0 Å². The molecule has 7 heteroatoms. The van der Waals surface area contributed by atoms with Crippen molar-refractivity contribution in [3.05, 3.63) is 28.7 Å². The second kappa shape index (κ2) is 8.26. The molecule has 1 aromatic rings. The molecule has 1 rings (SSSR count). The van der Waals surface area contributed by atoms with E-state index in [1.165, 1.54) is 0 Å². The van der Waals surface area contributed by atoms with Crippen LogP contribution >= 0.6 is 15.9 Å². The summed E-state index contributed by atoms with van der Waals surface area (Å²) in [5, 5.41) is 5.50. The van der Waals surface area contributed by atoms with Crippen LogP contribution < -0.4 is 10.6 Å². The van der Waals surface area contributed by atoms with Gasteiger partial charge in [-0.15, -0.1) is 0 Å². The second-order valence-electron chi connectivity index (χ2n) is 4.31. The maximum Gasteiger partial charge on any atom is 0.389 e. The van der Waals surface area contributed by atoms with E-state index < -0.39 is 12.6 Å². The summed E-state index contributed by atoms with van der Waals surface area (Å²) in [6.45, 7) is 0.473. The van der Waals surface area contributed by atoms with Crippen LogP contribution in [0.15, 0.2) is 28.7 Å². The van der Waals surface area contributed by atoms with Crippen LogP contribution in [0.4, 0.5) is 18.9 Å². The molecule has 0 fully saturated rings. The molecular formula is C13H16BrF3N2O. The minimum atomic E-state index is -4.10. The van der Waals surface area contributed by atoms with Crippen molar-refractivity contribution in [2.75, 3.05) is 18.4 Å². The van der Waals surface area contributed by atoms with Crippen molar-refractivity contribution in [2.24, 2.45) is 0 Å². The van der Waals surface area contributed by atoms with Gasteiger partial charge in [-0.2, -0.15) is 13.2 Å². The van der Waals surface area contributed by atoms with Gasteiger partial charge in [-0.25, -0.2) is 0 Å². The molecular weight excluding hydrogens is 337 g/mol. The van der Waals surface area contributed by atoms with Gasteiger partial charge in [0.1, 0.15) is 0 Å². The Morgan fingerprint density at radius 2 is 2.00 bits per heavy atom. The summed E-state index contributed by atoms with van der Waals surface area (Å²) in [6, 6.07) is 7.16. The highest BCUT2D eigenvalue weighted by Gasteiger charge is 2.25. The van der Waals surface area contributed by atoms with Crippen LogP contribution in [0.25, 0.3) is 0 Å². The summed E-state index contributed by atoms with van der Waals surface area (Å²) in [5.41, 5.74) is 0.670. The number of hydrogen-bond donors (Lipinski definition) is 2. The molecule has 0 bridgehead atoms. The number of anilines is 1. The number of nitrogens with one attached hydrogen (secondary N) is 2. The lowest BCUT2D eigenvalue weighted by Crippen LogP contribution is -2.28. The lowest BCUT2D eigenvalue weighted by Gasteiger charge is -2.08. The van der Waals surface area contributed by atoms with E-state index in [0.717, 1.165) is 4.47 Å². The molecule has 0 aromatic heterocycles. The largest absolute Gasteiger partial charge is 0.389 e. The zero-order chi connectivity index (χ0) is 15.0. The lowest BCUT2D eigenvalue weighted by atomic mass is 10.2. The van der Waals surface area contributed by atoms with Gasteiger partial charge < -0.3 is 10.6 Å². The number of carbonyl (C=O) groups excluding carboxylic acids is 1. The van der Waals surface area contributed by atoms with E-state index in [1.54, 1.807) is 18.2 Å². The van der Waals surface area contributed by atoms with Crippen LogP contribution in [0.1, 0.15) is 19.3 Å². The predicted octanol–water partition coefficient (Wildman–Crippen LogP) is 3.71. The van der Waals surface area contributed by atoms with Crippen molar-refractivity contribution in [2.45, 2.75) is 25.4 Å². The van der Waals surface area contributed by atoms with E-state index in [9.17, 15) is 18.0 Å². The van der Waals surface area contributed by atoms with Crippen molar-refractivity contribution in [3.63, 3.8) is 0 Å². The zero-order valence-corrected chi connectivity index (χ0v) is 12.4. The van der Waals surface area contributed by atoms with Crippen molar-refractivity contribution >= 4 is 27.5 Å². The average molecular weight is 353 g/mol. The van der Waals surface area contributed by atoms with Crippen LogP contribution in [0.3, 0.4) is 0 Å². The Morgan fingerprint density at radius 3 is 2.65 bits per heavy atom. The van der Waals surface area contributed by atoms with Gasteiger partial charge in [0.25, 0.3) is 0 Å². The average Bonchev–Trinajstić information content (AvgIpc) is 2.32. The summed E-state index contributed by atoms with van der Waals surface area (Å²) in [6.07, 6.45) is -4.41. The van der Waals surface area contributed by atoms with Crippen molar-refractivity contribution in [1.29, 1.82) is 0 Å². The Labute approximate surface area is 124 Å². The van der Waals surface area contributed by atoms with Crippen LogP contribution in [0, 0.1) is 0 Å². The number of halogens is 4. The quantitative estimate of drug-likeness (QED) is 0.734. The summed E-state index contributed by atoms with van der Waals surface area (Å²) in [4.78, 5) is 11.5. The highest BCUT2D eigenvalue weighted by atomic mass is 79.9. The van der Waals surface area contributed by atoms with Crippen LogP contribution in [0.2, 0.25) is 0 Å². The van der Waals surface area contributed by atoms with Crippen LogP contribution in [0.5, 0.6) is 0 Å². The molecule has 0 heterocycles. The third-order valence-corrected chi connectivity index (χ3v) is 2.95. The maximum absolute atomic E-state index is 11.9. The summed E-state index contributed by atoms with van der Waals surface area (Å²) in [7, 11) is 0. The first-order valence-electron chi connectivity index (χ1n) is 6.20. The molecule has 20 heavy (non-hydrogen) atoms. The van der Waals surface area contributed by atoms with E-state index >= 15 is 0 Å². The molecule has 0 saturated carbocycles. The summed E-state index contributed by atoms with van der Waals surface area (Å²) in [5.74, 6) is -0.223. The van der Waals surface area contributed by atoms with Gasteiger partial charge in [0, 0.05) is 16.6 Å². The third kappa shape index (κ3) is 8.16. The number of hydrogen-bond acceptors (Lipinski definition) is 2. The number of benzene rings is 1. The highest BCUT2D eigenvalue weighted by molar-refractivity contribution is 9.10. The number of alkyl halides is 3. The van der Waals surface area contributed by atoms with Gasteiger partial charge in [0.2, 0.25) is 5.91 Å². The molecule has 0 unspecified atom stereocenters. The molecule has 0 aliphatic carbocycles. The fourth-order valence-electron chi connectivity index (χ4n) is 1.55. The van der Waals surface area contributed by atoms with E-state index in [-0.39, 0.29) is 18.9 Å². The molecule has 0 aliphatic heterocycles. The number of unbranched alkanes of at least 4 members (excludes halogenated alkanes) is 1. The Balaban J connectivity index is 2.12. The summed E-state index contributed by atoms with van der Waals surface area (Å²) >= 11 is 3.29. The fraction of sp³-hybridized carbons (Fsp3) is 0.462. The van der Waals surface area contributed by atoms with Gasteiger partial charge in [0.05, 0.1) is 6.54 Å². The molecule has 112 valence electrons. The molecule has 1 aromatic carbocycles. The van der Waals surface area contributed by atoms with Gasteiger partial charge >= 0.3 is 6.18 Å². The SMILES string of the molecule is O=C(CNCCCCC(F)(F)F)Nc1cccc(Br)c1. The molecule has 0 atom stereocenters. The molecule has 0 radical (unpaired) electrons. The van der Waals surface area contributed by atoms with Gasteiger partial charge in [-0.3, -0.25) is 4.79 Å². The Bertz CT molecular complexity index is 438. The van der Waals surface area contributed by atoms with Crippen molar-refractivity contribution < 1.29 is 18.0 Å². The number of carbonyl (C=O) groups is 1. The molecule has 0 aliphatic rings. The van der Waals surface area contributed by atoms with Gasteiger partial charge in [-0.1, -0.05) is 22.0 Å². The second-order valence-corrected chi connectivity index (χ2v) is 5.22. The normalized spacial score (nSPS) is 11.4. The van der Waals surface area contributed by atoms with Crippen LogP contribution in [-0.2, 0) is 4.79 Å². The molecule has 1 amide bonds. The third-order valence-electron chi connectivity index (χ3n) is 2.46. The minimum absolute atomic E-state index is 0.0732.